The van der Waals surface area contributed by atoms with Gasteiger partial charge in [0.15, 0.2) is 5.78 Å². The molecule has 0 unspecified atom stereocenters. The Labute approximate surface area is 84.3 Å². The number of hydrogen-bond acceptors (Lipinski definition) is 5. The highest BCUT2D eigenvalue weighted by Gasteiger charge is 2.56. The second kappa shape index (κ2) is 2.56. The van der Waals surface area contributed by atoms with E-state index in [4.69, 9.17) is 9.15 Å². The van der Waals surface area contributed by atoms with Crippen LogP contribution in [0.4, 0.5) is 0 Å². The Balaban J connectivity index is 2.30. The van der Waals surface area contributed by atoms with Gasteiger partial charge in [0, 0.05) is 5.56 Å². The summed E-state index contributed by atoms with van der Waals surface area (Å²) in [4.78, 5) is 23.2. The van der Waals surface area contributed by atoms with Gasteiger partial charge in [0.25, 0.3) is 0 Å². The number of hydrogen-bond donors (Lipinski definition) is 1. The van der Waals surface area contributed by atoms with E-state index < -0.39 is 23.9 Å². The summed E-state index contributed by atoms with van der Waals surface area (Å²) in [7, 11) is 0. The van der Waals surface area contributed by atoms with Gasteiger partial charge in [0.05, 0.1) is 5.56 Å². The van der Waals surface area contributed by atoms with Crippen LogP contribution in [0.1, 0.15) is 27.8 Å². The third-order valence-corrected chi connectivity index (χ3v) is 2.77. The van der Waals surface area contributed by atoms with E-state index in [2.05, 4.69) is 0 Å². The van der Waals surface area contributed by atoms with Gasteiger partial charge in [0.1, 0.15) is 24.1 Å². The topological polar surface area (TPSA) is 80.0 Å². The van der Waals surface area contributed by atoms with E-state index in [-0.39, 0.29) is 16.9 Å². The summed E-state index contributed by atoms with van der Waals surface area (Å²) in [5.74, 6) is 0.120. The highest BCUT2D eigenvalue weighted by Crippen LogP contribution is 2.41. The van der Waals surface area contributed by atoms with Crippen molar-refractivity contribution in [2.24, 2.45) is 0 Å². The number of rotatable bonds is 0. The predicted octanol–water partition coefficient (Wildman–Crippen LogP) is -0.0547. The first-order valence-corrected chi connectivity index (χ1v) is 4.62. The summed E-state index contributed by atoms with van der Waals surface area (Å²) in [6.45, 7) is 1.58. The molecule has 1 aliphatic carbocycles. The molecule has 2 heterocycles. The highest BCUT2D eigenvalue weighted by atomic mass is 16.6. The lowest BCUT2D eigenvalue weighted by molar-refractivity contribution is 0.0936. The van der Waals surface area contributed by atoms with Crippen molar-refractivity contribution in [3.05, 3.63) is 33.4 Å². The zero-order chi connectivity index (χ0) is 10.7. The quantitative estimate of drug-likeness (QED) is 0.604. The second-order valence-corrected chi connectivity index (χ2v) is 3.80. The predicted molar refractivity (Wildman–Crippen MR) is 47.7 cm³/mol. The first-order valence-electron chi connectivity index (χ1n) is 4.62. The minimum Gasteiger partial charge on any atom is -0.428 e. The largest absolute Gasteiger partial charge is 0.428 e. The van der Waals surface area contributed by atoms with Crippen LogP contribution in [0.25, 0.3) is 0 Å². The van der Waals surface area contributed by atoms with E-state index in [1.807, 2.05) is 0 Å². The first kappa shape index (κ1) is 8.82. The molecule has 15 heavy (non-hydrogen) atoms. The van der Waals surface area contributed by atoms with Crippen molar-refractivity contribution in [2.75, 3.05) is 0 Å². The number of ketones is 1. The molecule has 78 valence electrons. The molecule has 0 radical (unpaired) electrons. The molecule has 0 amide bonds. The molecule has 1 saturated heterocycles. The SMILES string of the molecule is Cc1cc2c(c(=O)o1)[C@H](O)[C@H]1O[C@@H]1C2=O. The molecule has 1 aromatic heterocycles. The minimum atomic E-state index is -1.04. The van der Waals surface area contributed by atoms with Crippen LogP contribution in [0.5, 0.6) is 0 Å². The number of epoxide rings is 1. The van der Waals surface area contributed by atoms with Gasteiger partial charge in [-0.3, -0.25) is 4.79 Å². The average Bonchev–Trinajstić information content (AvgIpc) is 2.92. The third-order valence-electron chi connectivity index (χ3n) is 2.77. The molecule has 0 saturated carbocycles. The van der Waals surface area contributed by atoms with Crippen LogP contribution in [-0.4, -0.2) is 23.1 Å². The zero-order valence-corrected chi connectivity index (χ0v) is 7.89. The molecule has 1 N–H and O–H groups in total. The van der Waals surface area contributed by atoms with E-state index in [0.717, 1.165) is 0 Å². The molecule has 5 heteroatoms. The van der Waals surface area contributed by atoms with Crippen molar-refractivity contribution in [1.82, 2.24) is 0 Å². The first-order chi connectivity index (χ1) is 7.09. The van der Waals surface area contributed by atoms with Gasteiger partial charge in [-0.1, -0.05) is 0 Å². The third kappa shape index (κ3) is 1.04. The Morgan fingerprint density at radius 3 is 2.87 bits per heavy atom. The van der Waals surface area contributed by atoms with Crippen molar-refractivity contribution in [2.45, 2.75) is 25.2 Å². The summed E-state index contributed by atoms with van der Waals surface area (Å²) in [5, 5.41) is 9.72. The van der Waals surface area contributed by atoms with Crippen molar-refractivity contribution >= 4 is 5.78 Å². The van der Waals surface area contributed by atoms with E-state index in [1.54, 1.807) is 6.92 Å². The van der Waals surface area contributed by atoms with Crippen molar-refractivity contribution in [1.29, 1.82) is 0 Å². The van der Waals surface area contributed by atoms with Crippen LogP contribution in [-0.2, 0) is 4.74 Å². The Bertz CT molecular complexity index is 515. The number of fused-ring (bicyclic) bond motifs is 2. The molecule has 5 nitrogen and oxygen atoms in total. The van der Waals surface area contributed by atoms with E-state index in [9.17, 15) is 14.7 Å². The molecule has 0 bridgehead atoms. The lowest BCUT2D eigenvalue weighted by Crippen LogP contribution is -2.30. The van der Waals surface area contributed by atoms with Gasteiger partial charge in [0.2, 0.25) is 0 Å². The van der Waals surface area contributed by atoms with Crippen LogP contribution in [0, 0.1) is 6.92 Å². The maximum atomic E-state index is 11.7. The standard InChI is InChI=1S/C10H8O5/c1-3-2-4-5(10(13)14-3)7(12)9-8(15-9)6(4)11/h2,7-9,12H,1H3/t7-,8+,9+/m0/s1. The maximum absolute atomic E-state index is 11.7. The lowest BCUT2D eigenvalue weighted by Gasteiger charge is -2.14. The molecule has 3 rings (SSSR count). The van der Waals surface area contributed by atoms with Gasteiger partial charge in [-0.25, -0.2) is 4.79 Å². The number of aryl methyl sites for hydroxylation is 1. The van der Waals surface area contributed by atoms with Crippen molar-refractivity contribution in [3.8, 4) is 0 Å². The fourth-order valence-corrected chi connectivity index (χ4v) is 2.00. The Hall–Kier alpha value is -1.46. The van der Waals surface area contributed by atoms with E-state index >= 15 is 0 Å². The summed E-state index contributed by atoms with van der Waals surface area (Å²) in [6.07, 6.45) is -2.18. The van der Waals surface area contributed by atoms with Gasteiger partial charge >= 0.3 is 5.63 Å². The molecular formula is C10H8O5. The molecule has 2 aliphatic rings. The Morgan fingerprint density at radius 2 is 2.13 bits per heavy atom. The molecule has 3 atom stereocenters. The fraction of sp³-hybridized carbons (Fsp3) is 0.400. The zero-order valence-electron chi connectivity index (χ0n) is 7.89. The van der Waals surface area contributed by atoms with Crippen molar-refractivity contribution < 1.29 is 19.1 Å². The summed E-state index contributed by atoms with van der Waals surface area (Å²) in [6, 6.07) is 1.47. The molecule has 1 aromatic rings. The van der Waals surface area contributed by atoms with Gasteiger partial charge < -0.3 is 14.3 Å². The summed E-state index contributed by atoms with van der Waals surface area (Å²) >= 11 is 0. The molecular weight excluding hydrogens is 200 g/mol. The fourth-order valence-electron chi connectivity index (χ4n) is 2.00. The Kier molecular flexibility index (Phi) is 1.50. The number of aliphatic hydroxyl groups is 1. The number of Topliss-reactive ketones (excluding diaryl/α,β-unsaturated/α-hetero) is 1. The number of aliphatic hydroxyl groups excluding tert-OH is 1. The Morgan fingerprint density at radius 1 is 1.40 bits per heavy atom. The van der Waals surface area contributed by atoms with Crippen LogP contribution >= 0.6 is 0 Å². The van der Waals surface area contributed by atoms with Gasteiger partial charge in [-0.05, 0) is 13.0 Å². The number of carbonyl (C=O) groups excluding carboxylic acids is 1. The molecule has 1 fully saturated rings. The average molecular weight is 208 g/mol. The van der Waals surface area contributed by atoms with E-state index in [1.165, 1.54) is 6.07 Å². The smallest absolute Gasteiger partial charge is 0.342 e. The minimum absolute atomic E-state index is 0.0318. The van der Waals surface area contributed by atoms with Crippen LogP contribution in [0.3, 0.4) is 0 Å². The van der Waals surface area contributed by atoms with Crippen molar-refractivity contribution in [3.63, 3.8) is 0 Å². The van der Waals surface area contributed by atoms with E-state index in [0.29, 0.717) is 5.76 Å². The van der Waals surface area contributed by atoms with Crippen LogP contribution in [0.15, 0.2) is 15.3 Å². The number of ether oxygens (including phenoxy) is 1. The summed E-state index contributed by atoms with van der Waals surface area (Å²) in [5.41, 5.74) is -0.390. The lowest BCUT2D eigenvalue weighted by atomic mass is 9.90. The van der Waals surface area contributed by atoms with Crippen LogP contribution in [0.2, 0.25) is 0 Å². The van der Waals surface area contributed by atoms with Gasteiger partial charge in [-0.2, -0.15) is 0 Å². The summed E-state index contributed by atoms with van der Waals surface area (Å²) < 4.78 is 9.84. The normalized spacial score (nSPS) is 32.1. The highest BCUT2D eigenvalue weighted by molar-refractivity contribution is 6.04. The monoisotopic (exact) mass is 208 g/mol. The molecule has 0 spiro atoms. The second-order valence-electron chi connectivity index (χ2n) is 3.80. The molecule has 1 aliphatic heterocycles. The number of carbonyl (C=O) groups is 1. The molecule has 0 aromatic carbocycles. The maximum Gasteiger partial charge on any atom is 0.342 e. The van der Waals surface area contributed by atoms with Gasteiger partial charge in [-0.15, -0.1) is 0 Å². The van der Waals surface area contributed by atoms with Crippen LogP contribution < -0.4 is 5.63 Å².